The summed E-state index contributed by atoms with van der Waals surface area (Å²) < 4.78 is 45.8. The predicted octanol–water partition coefficient (Wildman–Crippen LogP) is 2.63. The Kier molecular flexibility index (Phi) is 6.73. The number of nitrogens with zero attached hydrogens (tertiary/aromatic N) is 3. The predicted molar refractivity (Wildman–Crippen MR) is 113 cm³/mol. The summed E-state index contributed by atoms with van der Waals surface area (Å²) in [5.74, 6) is -0.206. The number of halogens is 3. The van der Waals surface area contributed by atoms with Gasteiger partial charge in [0.25, 0.3) is 11.8 Å². The molecule has 10 heteroatoms. The molecule has 4 rings (SSSR count). The lowest BCUT2D eigenvalue weighted by Crippen LogP contribution is -2.65. The van der Waals surface area contributed by atoms with Crippen molar-refractivity contribution in [2.45, 2.75) is 12.4 Å². The summed E-state index contributed by atoms with van der Waals surface area (Å²) in [4.78, 5) is 30.7. The van der Waals surface area contributed by atoms with Crippen LogP contribution in [-0.2, 0) is 4.79 Å². The van der Waals surface area contributed by atoms with Crippen LogP contribution in [0.1, 0.15) is 10.4 Å². The Balaban J connectivity index is 1.16. The quantitative estimate of drug-likeness (QED) is 0.659. The molecule has 2 amide bonds. The SMILES string of the molecule is O=C(COc1ccc(OC(F)(F)F)cc1)N1CC(N2CCN(C(=O)c3ccccc3)CC2)C1. The van der Waals surface area contributed by atoms with Gasteiger partial charge in [0, 0.05) is 50.9 Å². The van der Waals surface area contributed by atoms with E-state index in [0.717, 1.165) is 25.2 Å². The third-order valence-electron chi connectivity index (χ3n) is 5.77. The van der Waals surface area contributed by atoms with Gasteiger partial charge in [-0.25, -0.2) is 0 Å². The molecule has 33 heavy (non-hydrogen) atoms. The Hall–Kier alpha value is -3.27. The molecule has 2 fully saturated rings. The van der Waals surface area contributed by atoms with E-state index in [4.69, 9.17) is 4.74 Å². The first-order valence-electron chi connectivity index (χ1n) is 10.6. The van der Waals surface area contributed by atoms with Crippen LogP contribution in [0, 0.1) is 0 Å². The zero-order chi connectivity index (χ0) is 23.4. The molecule has 0 radical (unpaired) electrons. The van der Waals surface area contributed by atoms with Crippen LogP contribution in [0.5, 0.6) is 11.5 Å². The van der Waals surface area contributed by atoms with E-state index in [1.54, 1.807) is 4.90 Å². The van der Waals surface area contributed by atoms with Crippen LogP contribution in [0.4, 0.5) is 13.2 Å². The van der Waals surface area contributed by atoms with Gasteiger partial charge in [0.2, 0.25) is 0 Å². The molecule has 0 aliphatic carbocycles. The molecule has 0 bridgehead atoms. The van der Waals surface area contributed by atoms with Gasteiger partial charge in [0.1, 0.15) is 11.5 Å². The van der Waals surface area contributed by atoms with Crippen molar-refractivity contribution < 1.29 is 32.2 Å². The van der Waals surface area contributed by atoms with E-state index < -0.39 is 6.36 Å². The molecule has 2 saturated heterocycles. The summed E-state index contributed by atoms with van der Waals surface area (Å²) in [6, 6.07) is 14.4. The molecule has 0 aromatic heterocycles. The average molecular weight is 463 g/mol. The molecule has 0 unspecified atom stereocenters. The molecule has 7 nitrogen and oxygen atoms in total. The van der Waals surface area contributed by atoms with Gasteiger partial charge in [-0.15, -0.1) is 13.2 Å². The first-order chi connectivity index (χ1) is 15.8. The van der Waals surface area contributed by atoms with Crippen molar-refractivity contribution in [2.24, 2.45) is 0 Å². The summed E-state index contributed by atoms with van der Waals surface area (Å²) in [6.45, 7) is 3.80. The minimum absolute atomic E-state index is 0.0378. The maximum Gasteiger partial charge on any atom is 0.573 e. The first kappa shape index (κ1) is 22.9. The van der Waals surface area contributed by atoms with E-state index in [1.807, 2.05) is 35.2 Å². The molecular formula is C23H24F3N3O4. The van der Waals surface area contributed by atoms with Crippen LogP contribution >= 0.6 is 0 Å². The van der Waals surface area contributed by atoms with Gasteiger partial charge >= 0.3 is 6.36 Å². The summed E-state index contributed by atoms with van der Waals surface area (Å²) >= 11 is 0. The monoisotopic (exact) mass is 463 g/mol. The largest absolute Gasteiger partial charge is 0.573 e. The molecule has 0 saturated carbocycles. The molecule has 0 atom stereocenters. The van der Waals surface area contributed by atoms with Gasteiger partial charge in [-0.05, 0) is 36.4 Å². The zero-order valence-corrected chi connectivity index (χ0v) is 17.8. The Labute approximate surface area is 189 Å². The number of amides is 2. The van der Waals surface area contributed by atoms with Crippen molar-refractivity contribution in [3.05, 3.63) is 60.2 Å². The van der Waals surface area contributed by atoms with Gasteiger partial charge in [0.15, 0.2) is 6.61 Å². The van der Waals surface area contributed by atoms with Crippen LogP contribution in [0.2, 0.25) is 0 Å². The maximum absolute atomic E-state index is 12.6. The number of carbonyl (C=O) groups excluding carboxylic acids is 2. The second-order valence-corrected chi connectivity index (χ2v) is 7.95. The number of alkyl halides is 3. The normalized spacial score (nSPS) is 17.4. The topological polar surface area (TPSA) is 62.3 Å². The van der Waals surface area contributed by atoms with Crippen molar-refractivity contribution in [2.75, 3.05) is 45.9 Å². The van der Waals surface area contributed by atoms with Gasteiger partial charge in [-0.3, -0.25) is 14.5 Å². The van der Waals surface area contributed by atoms with Crippen molar-refractivity contribution in [1.82, 2.24) is 14.7 Å². The third-order valence-corrected chi connectivity index (χ3v) is 5.77. The van der Waals surface area contributed by atoms with Crippen molar-refractivity contribution >= 4 is 11.8 Å². The Morgan fingerprint density at radius 3 is 2.06 bits per heavy atom. The Morgan fingerprint density at radius 1 is 0.848 bits per heavy atom. The van der Waals surface area contributed by atoms with Crippen molar-refractivity contribution in [1.29, 1.82) is 0 Å². The second kappa shape index (κ2) is 9.70. The molecule has 0 N–H and O–H groups in total. The van der Waals surface area contributed by atoms with E-state index in [9.17, 15) is 22.8 Å². The fourth-order valence-electron chi connectivity index (χ4n) is 3.92. The van der Waals surface area contributed by atoms with Gasteiger partial charge in [-0.2, -0.15) is 0 Å². The minimum Gasteiger partial charge on any atom is -0.484 e. The highest BCUT2D eigenvalue weighted by molar-refractivity contribution is 5.94. The second-order valence-electron chi connectivity index (χ2n) is 7.95. The lowest BCUT2D eigenvalue weighted by atomic mass is 10.1. The lowest BCUT2D eigenvalue weighted by molar-refractivity contribution is -0.274. The molecule has 2 aliphatic rings. The van der Waals surface area contributed by atoms with E-state index >= 15 is 0 Å². The fourth-order valence-corrected chi connectivity index (χ4v) is 3.92. The number of carbonyl (C=O) groups is 2. The van der Waals surface area contributed by atoms with Crippen molar-refractivity contribution in [3.63, 3.8) is 0 Å². The Bertz CT molecular complexity index is 955. The molecule has 0 spiro atoms. The van der Waals surface area contributed by atoms with Gasteiger partial charge in [0.05, 0.1) is 0 Å². The van der Waals surface area contributed by atoms with Crippen LogP contribution in [-0.4, -0.2) is 84.8 Å². The molecule has 2 heterocycles. The van der Waals surface area contributed by atoms with Gasteiger partial charge < -0.3 is 19.3 Å². The van der Waals surface area contributed by atoms with E-state index in [1.165, 1.54) is 12.1 Å². The number of benzene rings is 2. The molecule has 2 aromatic rings. The highest BCUT2D eigenvalue weighted by Gasteiger charge is 2.36. The van der Waals surface area contributed by atoms with Gasteiger partial charge in [-0.1, -0.05) is 18.2 Å². The number of hydrogen-bond acceptors (Lipinski definition) is 5. The number of rotatable bonds is 6. The van der Waals surface area contributed by atoms with E-state index in [0.29, 0.717) is 31.7 Å². The summed E-state index contributed by atoms with van der Waals surface area (Å²) in [7, 11) is 0. The standard InChI is InChI=1S/C23H24F3N3O4/c24-23(25,26)33-20-8-6-19(7-9-20)32-16-21(30)29-14-18(15-29)27-10-12-28(13-11-27)22(31)17-4-2-1-3-5-17/h1-9,18H,10-16H2. The minimum atomic E-state index is -4.75. The molecular weight excluding hydrogens is 439 g/mol. The van der Waals surface area contributed by atoms with E-state index in [2.05, 4.69) is 9.64 Å². The van der Waals surface area contributed by atoms with E-state index in [-0.39, 0.29) is 36.0 Å². The summed E-state index contributed by atoms with van der Waals surface area (Å²) in [6.07, 6.45) is -4.75. The summed E-state index contributed by atoms with van der Waals surface area (Å²) in [5, 5.41) is 0. The highest BCUT2D eigenvalue weighted by Crippen LogP contribution is 2.25. The number of hydrogen-bond donors (Lipinski definition) is 0. The Morgan fingerprint density at radius 2 is 1.45 bits per heavy atom. The molecule has 176 valence electrons. The summed E-state index contributed by atoms with van der Waals surface area (Å²) in [5.41, 5.74) is 0.689. The van der Waals surface area contributed by atoms with Crippen LogP contribution in [0.25, 0.3) is 0 Å². The molecule has 2 aliphatic heterocycles. The maximum atomic E-state index is 12.6. The van der Waals surface area contributed by atoms with Crippen LogP contribution < -0.4 is 9.47 Å². The van der Waals surface area contributed by atoms with Crippen LogP contribution in [0.3, 0.4) is 0 Å². The third kappa shape index (κ3) is 5.95. The lowest BCUT2D eigenvalue weighted by Gasteiger charge is -2.48. The molecule has 2 aromatic carbocycles. The number of piperazine rings is 1. The smallest absolute Gasteiger partial charge is 0.484 e. The van der Waals surface area contributed by atoms with Crippen LogP contribution in [0.15, 0.2) is 54.6 Å². The fraction of sp³-hybridized carbons (Fsp3) is 0.391. The number of ether oxygens (including phenoxy) is 2. The highest BCUT2D eigenvalue weighted by atomic mass is 19.4. The first-order valence-corrected chi connectivity index (χ1v) is 10.6. The number of likely N-dealkylation sites (tertiary alicyclic amines) is 1. The van der Waals surface area contributed by atoms with Crippen molar-refractivity contribution in [3.8, 4) is 11.5 Å². The zero-order valence-electron chi connectivity index (χ0n) is 17.8. The average Bonchev–Trinajstić information content (AvgIpc) is 2.77.